The Morgan fingerprint density at radius 1 is 1.28 bits per heavy atom. The summed E-state index contributed by atoms with van der Waals surface area (Å²) in [4.78, 5) is 25.3. The summed E-state index contributed by atoms with van der Waals surface area (Å²) in [5, 5.41) is 0. The molecule has 0 bridgehead atoms. The Bertz CT molecular complexity index is 687. The normalized spacial score (nSPS) is 15.1. The number of aryl methyl sites for hydroxylation is 1. The lowest BCUT2D eigenvalue weighted by atomic mass is 10.1. The molecule has 0 atom stereocenters. The van der Waals surface area contributed by atoms with Crippen molar-refractivity contribution in [1.82, 2.24) is 19.8 Å². The van der Waals surface area contributed by atoms with Gasteiger partial charge in [-0.1, -0.05) is 29.8 Å². The van der Waals surface area contributed by atoms with Crippen molar-refractivity contribution in [2.75, 3.05) is 39.4 Å². The van der Waals surface area contributed by atoms with Crippen LogP contribution in [0.3, 0.4) is 0 Å². The van der Waals surface area contributed by atoms with Crippen LogP contribution in [0.5, 0.6) is 0 Å². The quantitative estimate of drug-likeness (QED) is 0.802. The number of hydrogen-bond acceptors (Lipinski definition) is 5. The second kappa shape index (κ2) is 8.69. The van der Waals surface area contributed by atoms with Crippen molar-refractivity contribution in [3.8, 4) is 0 Å². The largest absolute Gasteiger partial charge is 0.379 e. The highest BCUT2D eigenvalue weighted by Crippen LogP contribution is 2.11. The Labute approximate surface area is 148 Å². The van der Waals surface area contributed by atoms with Gasteiger partial charge in [0.1, 0.15) is 5.69 Å². The number of carbonyl (C=O) groups excluding carboxylic acids is 1. The van der Waals surface area contributed by atoms with Crippen LogP contribution in [-0.4, -0.2) is 65.1 Å². The molecule has 1 aromatic heterocycles. The molecule has 0 unspecified atom stereocenters. The number of hydrogen-bond donors (Lipinski definition) is 0. The van der Waals surface area contributed by atoms with Crippen LogP contribution in [0.15, 0.2) is 42.9 Å². The summed E-state index contributed by atoms with van der Waals surface area (Å²) in [7, 11) is 0. The number of morpholine rings is 1. The van der Waals surface area contributed by atoms with Crippen LogP contribution < -0.4 is 0 Å². The Morgan fingerprint density at radius 3 is 2.84 bits per heavy atom. The van der Waals surface area contributed by atoms with Crippen LogP contribution in [0.25, 0.3) is 0 Å². The predicted molar refractivity (Wildman–Crippen MR) is 95.2 cm³/mol. The summed E-state index contributed by atoms with van der Waals surface area (Å²) in [6.07, 6.45) is 4.66. The molecule has 1 aliphatic rings. The van der Waals surface area contributed by atoms with Gasteiger partial charge in [0.15, 0.2) is 0 Å². The van der Waals surface area contributed by atoms with E-state index in [0.717, 1.165) is 38.4 Å². The van der Waals surface area contributed by atoms with Gasteiger partial charge in [0.2, 0.25) is 0 Å². The number of aromatic nitrogens is 2. The molecule has 25 heavy (non-hydrogen) atoms. The van der Waals surface area contributed by atoms with Gasteiger partial charge >= 0.3 is 0 Å². The van der Waals surface area contributed by atoms with Gasteiger partial charge in [-0.15, -0.1) is 0 Å². The predicted octanol–water partition coefficient (Wildman–Crippen LogP) is 1.76. The minimum Gasteiger partial charge on any atom is -0.379 e. The lowest BCUT2D eigenvalue weighted by molar-refractivity contribution is 0.0319. The first-order chi connectivity index (χ1) is 12.2. The van der Waals surface area contributed by atoms with Crippen molar-refractivity contribution in [1.29, 1.82) is 0 Å². The fraction of sp³-hybridized carbons (Fsp3) is 0.421. The standard InChI is InChI=1S/C19H24N4O2/c1-16-3-2-4-17(13-16)15-23(8-7-22-9-11-25-12-10-22)19(24)18-14-20-5-6-21-18/h2-6,13-14H,7-12,15H2,1H3. The molecule has 2 aromatic rings. The Morgan fingerprint density at radius 2 is 2.12 bits per heavy atom. The molecule has 0 aliphatic carbocycles. The van der Waals surface area contributed by atoms with Crippen LogP contribution in [0.4, 0.5) is 0 Å². The van der Waals surface area contributed by atoms with Gasteiger partial charge in [-0.25, -0.2) is 4.98 Å². The second-order valence-electron chi connectivity index (χ2n) is 6.26. The van der Waals surface area contributed by atoms with Gasteiger partial charge in [0, 0.05) is 45.1 Å². The molecule has 2 heterocycles. The van der Waals surface area contributed by atoms with Crippen molar-refractivity contribution in [3.05, 3.63) is 59.7 Å². The first-order valence-corrected chi connectivity index (χ1v) is 8.63. The fourth-order valence-corrected chi connectivity index (χ4v) is 2.94. The van der Waals surface area contributed by atoms with Gasteiger partial charge in [-0.05, 0) is 12.5 Å². The van der Waals surface area contributed by atoms with Gasteiger partial charge in [0.05, 0.1) is 19.4 Å². The van der Waals surface area contributed by atoms with E-state index in [1.54, 1.807) is 12.4 Å². The van der Waals surface area contributed by atoms with Crippen molar-refractivity contribution < 1.29 is 9.53 Å². The molecule has 1 aliphatic heterocycles. The van der Waals surface area contributed by atoms with Crippen LogP contribution in [0.2, 0.25) is 0 Å². The van der Waals surface area contributed by atoms with Gasteiger partial charge in [-0.3, -0.25) is 14.7 Å². The van der Waals surface area contributed by atoms with Crippen molar-refractivity contribution >= 4 is 5.91 Å². The summed E-state index contributed by atoms with van der Waals surface area (Å²) < 4.78 is 5.39. The maximum atomic E-state index is 12.9. The number of amides is 1. The highest BCUT2D eigenvalue weighted by molar-refractivity contribution is 5.91. The van der Waals surface area contributed by atoms with E-state index >= 15 is 0 Å². The summed E-state index contributed by atoms with van der Waals surface area (Å²) in [6.45, 7) is 7.47. The van der Waals surface area contributed by atoms with Gasteiger partial charge in [-0.2, -0.15) is 0 Å². The number of nitrogens with zero attached hydrogens (tertiary/aromatic N) is 4. The van der Waals surface area contributed by atoms with E-state index in [9.17, 15) is 4.79 Å². The highest BCUT2D eigenvalue weighted by Gasteiger charge is 2.19. The maximum Gasteiger partial charge on any atom is 0.274 e. The van der Waals surface area contributed by atoms with E-state index in [1.165, 1.54) is 11.8 Å². The second-order valence-corrected chi connectivity index (χ2v) is 6.26. The van der Waals surface area contributed by atoms with E-state index < -0.39 is 0 Å². The van der Waals surface area contributed by atoms with E-state index in [4.69, 9.17) is 4.74 Å². The third kappa shape index (κ3) is 5.08. The van der Waals surface area contributed by atoms with E-state index in [-0.39, 0.29) is 5.91 Å². The Hall–Kier alpha value is -2.31. The maximum absolute atomic E-state index is 12.9. The summed E-state index contributed by atoms with van der Waals surface area (Å²) in [6, 6.07) is 8.26. The van der Waals surface area contributed by atoms with Crippen molar-refractivity contribution in [2.24, 2.45) is 0 Å². The van der Waals surface area contributed by atoms with Crippen molar-refractivity contribution in [3.63, 3.8) is 0 Å². The lowest BCUT2D eigenvalue weighted by Crippen LogP contribution is -2.43. The number of benzene rings is 1. The molecule has 6 nitrogen and oxygen atoms in total. The van der Waals surface area contributed by atoms with Gasteiger partial charge in [0.25, 0.3) is 5.91 Å². The lowest BCUT2D eigenvalue weighted by Gasteiger charge is -2.30. The summed E-state index contributed by atoms with van der Waals surface area (Å²) in [5.74, 6) is -0.0807. The Balaban J connectivity index is 1.71. The first kappa shape index (κ1) is 17.5. The molecule has 0 radical (unpaired) electrons. The van der Waals surface area contributed by atoms with Crippen LogP contribution in [-0.2, 0) is 11.3 Å². The minimum atomic E-state index is -0.0807. The molecule has 1 saturated heterocycles. The Kier molecular flexibility index (Phi) is 6.09. The molecule has 3 rings (SSSR count). The first-order valence-electron chi connectivity index (χ1n) is 8.63. The molecular weight excluding hydrogens is 316 g/mol. The van der Waals surface area contributed by atoms with Crippen LogP contribution in [0.1, 0.15) is 21.6 Å². The zero-order valence-electron chi connectivity index (χ0n) is 14.6. The average molecular weight is 340 g/mol. The number of ether oxygens (including phenoxy) is 1. The minimum absolute atomic E-state index is 0.0807. The summed E-state index contributed by atoms with van der Waals surface area (Å²) in [5.41, 5.74) is 2.70. The third-order valence-corrected chi connectivity index (χ3v) is 4.32. The number of carbonyl (C=O) groups is 1. The van der Waals surface area contributed by atoms with E-state index in [1.807, 2.05) is 11.0 Å². The fourth-order valence-electron chi connectivity index (χ4n) is 2.94. The molecular formula is C19H24N4O2. The monoisotopic (exact) mass is 340 g/mol. The summed E-state index contributed by atoms with van der Waals surface area (Å²) >= 11 is 0. The SMILES string of the molecule is Cc1cccc(CN(CCN2CCOCC2)C(=O)c2cnccn2)c1. The molecule has 0 saturated carbocycles. The smallest absolute Gasteiger partial charge is 0.274 e. The van der Waals surface area contributed by atoms with E-state index in [2.05, 4.69) is 40.0 Å². The van der Waals surface area contributed by atoms with Crippen molar-refractivity contribution in [2.45, 2.75) is 13.5 Å². The average Bonchev–Trinajstić information content (AvgIpc) is 2.66. The zero-order chi connectivity index (χ0) is 17.5. The molecule has 1 aromatic carbocycles. The molecule has 6 heteroatoms. The molecule has 0 spiro atoms. The van der Waals surface area contributed by atoms with Gasteiger partial charge < -0.3 is 9.64 Å². The molecule has 1 amide bonds. The molecule has 0 N–H and O–H groups in total. The van der Waals surface area contributed by atoms with Crippen LogP contribution >= 0.6 is 0 Å². The molecule has 132 valence electrons. The number of rotatable bonds is 6. The zero-order valence-corrected chi connectivity index (χ0v) is 14.6. The van der Waals surface area contributed by atoms with E-state index in [0.29, 0.717) is 18.8 Å². The molecule has 1 fully saturated rings. The third-order valence-electron chi connectivity index (χ3n) is 4.32. The van der Waals surface area contributed by atoms with Crippen LogP contribution in [0, 0.1) is 6.92 Å². The highest BCUT2D eigenvalue weighted by atomic mass is 16.5. The topological polar surface area (TPSA) is 58.6 Å².